The number of aliphatic hydroxyl groups excluding tert-OH is 4. The second-order valence-electron chi connectivity index (χ2n) is 2.95. The maximum absolute atomic E-state index is 11.2. The van der Waals surface area contributed by atoms with Crippen LogP contribution in [0.25, 0.3) is 0 Å². The van der Waals surface area contributed by atoms with Gasteiger partial charge in [-0.1, -0.05) is 0 Å². The topological polar surface area (TPSA) is 118 Å². The second-order valence-corrected chi connectivity index (χ2v) is 2.95. The summed E-state index contributed by atoms with van der Waals surface area (Å²) in [5.74, 6) is -1.48. The van der Waals surface area contributed by atoms with Crippen molar-refractivity contribution in [3.63, 3.8) is 0 Å². The molecular weight excluding hydrogens is 180 g/mol. The van der Waals surface area contributed by atoms with Crippen molar-refractivity contribution in [3.05, 3.63) is 0 Å². The zero-order chi connectivity index (χ0) is 12.0. The third-order valence-electron chi connectivity index (χ3n) is 1.99. The van der Waals surface area contributed by atoms with Crippen molar-refractivity contribution in [2.24, 2.45) is 0 Å². The van der Waals surface area contributed by atoms with E-state index in [1.54, 1.807) is 0 Å². The standard InChI is InChI=1S/C7H12O6/c8-2-7(13)1-3(9)4(10)5(11)6(7)12/h4-6,8,10-13H,1-2H2/t4-,5-,6+,7+/m1/s1/i1D2. The molecule has 0 unspecified atom stereocenters. The molecule has 0 saturated heterocycles. The van der Waals surface area contributed by atoms with E-state index >= 15 is 0 Å². The van der Waals surface area contributed by atoms with Crippen LogP contribution in [0.4, 0.5) is 0 Å². The number of carbonyl (C=O) groups is 1. The first-order chi connectivity index (χ1) is 6.70. The first kappa shape index (κ1) is 7.84. The molecule has 0 amide bonds. The molecule has 0 bridgehead atoms. The highest BCUT2D eigenvalue weighted by Crippen LogP contribution is 2.26. The van der Waals surface area contributed by atoms with Crippen LogP contribution in [-0.4, -0.2) is 61.8 Å². The number of aliphatic hydroxyl groups is 5. The van der Waals surface area contributed by atoms with Crippen LogP contribution in [-0.2, 0) is 4.79 Å². The Labute approximate surface area is 76.9 Å². The van der Waals surface area contributed by atoms with E-state index in [-0.39, 0.29) is 0 Å². The van der Waals surface area contributed by atoms with Crippen molar-refractivity contribution in [2.75, 3.05) is 6.61 Å². The Bertz CT molecular complexity index is 283. The van der Waals surface area contributed by atoms with E-state index in [0.717, 1.165) is 0 Å². The molecule has 6 nitrogen and oxygen atoms in total. The number of Topliss-reactive ketones (excluding diaryl/α,β-unsaturated/α-hetero) is 1. The lowest BCUT2D eigenvalue weighted by Gasteiger charge is -2.39. The summed E-state index contributed by atoms with van der Waals surface area (Å²) in [6.45, 7) is -1.25. The minimum atomic E-state index is -3.03. The molecule has 1 aliphatic rings. The van der Waals surface area contributed by atoms with Crippen LogP contribution in [0.3, 0.4) is 0 Å². The van der Waals surface area contributed by atoms with Gasteiger partial charge < -0.3 is 25.5 Å². The SMILES string of the molecule is [2H]C1([2H])C(=O)[C@@H](O)[C@@H](O)[C@H](O)[C@@]1(O)CO. The van der Waals surface area contributed by atoms with E-state index in [4.69, 9.17) is 18.1 Å². The Hall–Kier alpha value is -0.530. The molecule has 76 valence electrons. The fraction of sp³-hybridized carbons (Fsp3) is 0.857. The van der Waals surface area contributed by atoms with Crippen LogP contribution in [0.15, 0.2) is 0 Å². The lowest BCUT2D eigenvalue weighted by molar-refractivity contribution is -0.198. The predicted molar refractivity (Wildman–Crippen MR) is 39.7 cm³/mol. The number of hydrogen-bond acceptors (Lipinski definition) is 6. The smallest absolute Gasteiger partial charge is 0.167 e. The van der Waals surface area contributed by atoms with Gasteiger partial charge >= 0.3 is 0 Å². The predicted octanol–water partition coefficient (Wildman–Crippen LogP) is -3.23. The van der Waals surface area contributed by atoms with Crippen molar-refractivity contribution in [1.82, 2.24) is 0 Å². The van der Waals surface area contributed by atoms with E-state index < -0.39 is 42.7 Å². The molecule has 5 N–H and O–H groups in total. The Morgan fingerprint density at radius 3 is 2.54 bits per heavy atom. The molecular formula is C7H12O6. The number of rotatable bonds is 1. The van der Waals surface area contributed by atoms with Crippen molar-refractivity contribution < 1.29 is 33.1 Å². The molecule has 0 spiro atoms. The second kappa shape index (κ2) is 3.32. The summed E-state index contributed by atoms with van der Waals surface area (Å²) < 4.78 is 14.4. The van der Waals surface area contributed by atoms with E-state index in [1.165, 1.54) is 0 Å². The first-order valence-electron chi connectivity index (χ1n) is 4.62. The normalized spacial score (nSPS) is 52.7. The van der Waals surface area contributed by atoms with Gasteiger partial charge in [-0.3, -0.25) is 4.79 Å². The van der Waals surface area contributed by atoms with Crippen molar-refractivity contribution in [2.45, 2.75) is 30.3 Å². The minimum Gasteiger partial charge on any atom is -0.393 e. The lowest BCUT2D eigenvalue weighted by Crippen LogP contribution is -2.62. The third-order valence-corrected chi connectivity index (χ3v) is 1.99. The van der Waals surface area contributed by atoms with Crippen molar-refractivity contribution >= 4 is 5.78 Å². The fourth-order valence-electron chi connectivity index (χ4n) is 1.10. The van der Waals surface area contributed by atoms with Crippen LogP contribution < -0.4 is 0 Å². The highest BCUT2D eigenvalue weighted by molar-refractivity contribution is 5.85. The van der Waals surface area contributed by atoms with Gasteiger partial charge in [0.05, 0.1) is 6.61 Å². The summed E-state index contributed by atoms with van der Waals surface area (Å²) in [6.07, 6.45) is -9.33. The van der Waals surface area contributed by atoms with Gasteiger partial charge in [0.25, 0.3) is 0 Å². The molecule has 0 aromatic rings. The molecule has 0 aromatic heterocycles. The molecule has 6 heteroatoms. The van der Waals surface area contributed by atoms with Gasteiger partial charge in [0, 0.05) is 9.11 Å². The quantitative estimate of drug-likeness (QED) is 0.299. The summed E-state index contributed by atoms with van der Waals surface area (Å²) in [6, 6.07) is 0. The molecule has 4 atom stereocenters. The van der Waals surface area contributed by atoms with Gasteiger partial charge in [0.2, 0.25) is 0 Å². The van der Waals surface area contributed by atoms with Gasteiger partial charge in [-0.15, -0.1) is 0 Å². The van der Waals surface area contributed by atoms with Crippen LogP contribution in [0, 0.1) is 0 Å². The van der Waals surface area contributed by atoms with Crippen LogP contribution in [0.5, 0.6) is 0 Å². The Morgan fingerprint density at radius 1 is 1.54 bits per heavy atom. The summed E-state index contributed by atoms with van der Waals surface area (Å²) in [4.78, 5) is 11.2. The Balaban J connectivity index is 3.22. The molecule has 0 heterocycles. The summed E-state index contributed by atoms with van der Waals surface area (Å²) in [5.41, 5.74) is -2.82. The average Bonchev–Trinajstić information content (AvgIpc) is 2.21. The maximum Gasteiger partial charge on any atom is 0.167 e. The van der Waals surface area contributed by atoms with Gasteiger partial charge in [-0.2, -0.15) is 0 Å². The first-order valence-corrected chi connectivity index (χ1v) is 3.62. The average molecular weight is 194 g/mol. The van der Waals surface area contributed by atoms with Crippen LogP contribution in [0.2, 0.25) is 0 Å². The van der Waals surface area contributed by atoms with E-state index in [9.17, 15) is 15.0 Å². The van der Waals surface area contributed by atoms with Crippen LogP contribution in [0.1, 0.15) is 9.11 Å². The molecule has 0 radical (unpaired) electrons. The van der Waals surface area contributed by atoms with Crippen LogP contribution >= 0.6 is 0 Å². The fourth-order valence-corrected chi connectivity index (χ4v) is 1.10. The van der Waals surface area contributed by atoms with Gasteiger partial charge in [-0.05, 0) is 0 Å². The minimum absolute atomic E-state index is 1.25. The molecule has 0 aromatic carbocycles. The number of carbonyl (C=O) groups excluding carboxylic acids is 1. The molecule has 13 heavy (non-hydrogen) atoms. The lowest BCUT2D eigenvalue weighted by atomic mass is 9.78. The molecule has 1 rings (SSSR count). The van der Waals surface area contributed by atoms with Gasteiger partial charge in [0.15, 0.2) is 5.78 Å². The largest absolute Gasteiger partial charge is 0.393 e. The molecule has 1 aliphatic carbocycles. The Kier molecular flexibility index (Phi) is 2.00. The van der Waals surface area contributed by atoms with Crippen molar-refractivity contribution in [3.8, 4) is 0 Å². The highest BCUT2D eigenvalue weighted by atomic mass is 16.4. The van der Waals surface area contributed by atoms with Gasteiger partial charge in [0.1, 0.15) is 23.9 Å². The van der Waals surface area contributed by atoms with E-state index in [2.05, 4.69) is 0 Å². The zero-order valence-electron chi connectivity index (χ0n) is 8.58. The van der Waals surface area contributed by atoms with Crippen molar-refractivity contribution in [1.29, 1.82) is 0 Å². The van der Waals surface area contributed by atoms with E-state index in [0.29, 0.717) is 0 Å². The molecule has 1 fully saturated rings. The zero-order valence-corrected chi connectivity index (χ0v) is 6.58. The highest BCUT2D eigenvalue weighted by Gasteiger charge is 2.50. The van der Waals surface area contributed by atoms with Gasteiger partial charge in [-0.25, -0.2) is 0 Å². The third kappa shape index (κ3) is 1.59. The molecule has 0 aliphatic heterocycles. The molecule has 1 saturated carbocycles. The monoisotopic (exact) mass is 194 g/mol. The Morgan fingerprint density at radius 2 is 2.08 bits per heavy atom. The summed E-state index contributed by atoms with van der Waals surface area (Å²) in [7, 11) is 0. The van der Waals surface area contributed by atoms with E-state index in [1.807, 2.05) is 0 Å². The number of hydrogen-bond donors (Lipinski definition) is 5. The summed E-state index contributed by atoms with van der Waals surface area (Å²) in [5, 5.41) is 45.9. The maximum atomic E-state index is 11.2. The summed E-state index contributed by atoms with van der Waals surface area (Å²) >= 11 is 0. The number of ketones is 1.